The fourth-order valence-electron chi connectivity index (χ4n) is 1.78. The number of carbonyl (C=O) groups excluding carboxylic acids is 2. The molecule has 2 amide bonds. The molecule has 16 heavy (non-hydrogen) atoms. The van der Waals surface area contributed by atoms with Gasteiger partial charge in [0.05, 0.1) is 5.92 Å². The topological polar surface area (TPSA) is 37.4 Å². The van der Waals surface area contributed by atoms with E-state index in [2.05, 4.69) is 15.9 Å². The van der Waals surface area contributed by atoms with E-state index in [0.29, 0.717) is 5.02 Å². The number of benzene rings is 1. The van der Waals surface area contributed by atoms with E-state index < -0.39 is 0 Å². The molecule has 0 aliphatic carbocycles. The summed E-state index contributed by atoms with van der Waals surface area (Å²) in [5, 5.41) is 0.598. The number of halogens is 2. The minimum absolute atomic E-state index is 0.142. The lowest BCUT2D eigenvalue weighted by molar-refractivity contribution is -0.137. The molecule has 5 heteroatoms. The van der Waals surface area contributed by atoms with Gasteiger partial charge in [-0.2, -0.15) is 0 Å². The first kappa shape index (κ1) is 11.6. The summed E-state index contributed by atoms with van der Waals surface area (Å²) in [5.41, 5.74) is 0.812. The maximum Gasteiger partial charge on any atom is 0.237 e. The van der Waals surface area contributed by atoms with E-state index in [1.807, 2.05) is 0 Å². The molecule has 1 fully saturated rings. The van der Waals surface area contributed by atoms with Gasteiger partial charge >= 0.3 is 0 Å². The molecule has 2 rings (SSSR count). The first-order valence-corrected chi connectivity index (χ1v) is 5.93. The van der Waals surface area contributed by atoms with Crippen LogP contribution in [0.2, 0.25) is 5.02 Å². The standard InChI is InChI=1S/C11H9BrClNO2/c1-14-10(15)5-8(11(14)16)7-3-2-6(13)4-9(7)12/h2-4,8H,5H2,1H3. The van der Waals surface area contributed by atoms with Crippen molar-refractivity contribution in [3.8, 4) is 0 Å². The Kier molecular flexibility index (Phi) is 3.04. The lowest BCUT2D eigenvalue weighted by Gasteiger charge is -2.11. The van der Waals surface area contributed by atoms with Crippen LogP contribution in [0.25, 0.3) is 0 Å². The van der Waals surface area contributed by atoms with Crippen molar-refractivity contribution in [3.05, 3.63) is 33.3 Å². The van der Waals surface area contributed by atoms with Gasteiger partial charge in [0.15, 0.2) is 0 Å². The van der Waals surface area contributed by atoms with Gasteiger partial charge in [0.25, 0.3) is 0 Å². The van der Waals surface area contributed by atoms with Crippen LogP contribution in [0, 0.1) is 0 Å². The van der Waals surface area contributed by atoms with Crippen molar-refractivity contribution in [2.75, 3.05) is 7.05 Å². The van der Waals surface area contributed by atoms with Crippen LogP contribution in [0.5, 0.6) is 0 Å². The minimum atomic E-state index is -0.385. The monoisotopic (exact) mass is 301 g/mol. The summed E-state index contributed by atoms with van der Waals surface area (Å²) in [6, 6.07) is 5.23. The second-order valence-corrected chi connectivity index (χ2v) is 5.00. The molecule has 0 aromatic heterocycles. The van der Waals surface area contributed by atoms with Crippen LogP contribution < -0.4 is 0 Å². The molecule has 0 radical (unpaired) electrons. The Morgan fingerprint density at radius 2 is 2.12 bits per heavy atom. The third-order valence-corrected chi connectivity index (χ3v) is 3.64. The Labute approximate surface area is 107 Å². The number of carbonyl (C=O) groups is 2. The van der Waals surface area contributed by atoms with Gasteiger partial charge in [-0.1, -0.05) is 33.6 Å². The molecule has 1 aliphatic rings. The van der Waals surface area contributed by atoms with Gasteiger partial charge in [-0.3, -0.25) is 14.5 Å². The van der Waals surface area contributed by atoms with Gasteiger partial charge in [0.1, 0.15) is 0 Å². The zero-order chi connectivity index (χ0) is 11.9. The van der Waals surface area contributed by atoms with Gasteiger partial charge in [-0.25, -0.2) is 0 Å². The fourth-order valence-corrected chi connectivity index (χ4v) is 2.74. The lowest BCUT2D eigenvalue weighted by atomic mass is 9.98. The van der Waals surface area contributed by atoms with Crippen molar-refractivity contribution in [2.24, 2.45) is 0 Å². The van der Waals surface area contributed by atoms with Crippen molar-refractivity contribution in [1.82, 2.24) is 4.90 Å². The smallest absolute Gasteiger partial charge is 0.237 e. The minimum Gasteiger partial charge on any atom is -0.285 e. The maximum atomic E-state index is 11.8. The van der Waals surface area contributed by atoms with Crippen molar-refractivity contribution in [1.29, 1.82) is 0 Å². The molecule has 0 spiro atoms. The van der Waals surface area contributed by atoms with Crippen LogP contribution in [0.15, 0.2) is 22.7 Å². The number of amides is 2. The zero-order valence-electron chi connectivity index (χ0n) is 8.54. The predicted octanol–water partition coefficient (Wildman–Crippen LogP) is 2.57. The highest BCUT2D eigenvalue weighted by atomic mass is 79.9. The number of likely N-dealkylation sites (N-methyl/N-ethyl adjacent to an activating group) is 1. The summed E-state index contributed by atoms with van der Waals surface area (Å²) in [5.74, 6) is -0.686. The predicted molar refractivity (Wildman–Crippen MR) is 64.3 cm³/mol. The molecule has 0 bridgehead atoms. The second kappa shape index (κ2) is 4.18. The number of hydrogen-bond acceptors (Lipinski definition) is 2. The van der Waals surface area contributed by atoms with E-state index >= 15 is 0 Å². The lowest BCUT2D eigenvalue weighted by Crippen LogP contribution is -2.25. The van der Waals surface area contributed by atoms with Crippen LogP contribution in [-0.4, -0.2) is 23.8 Å². The van der Waals surface area contributed by atoms with Crippen molar-refractivity contribution >= 4 is 39.3 Å². The highest BCUT2D eigenvalue weighted by Crippen LogP contribution is 2.34. The molecule has 84 valence electrons. The summed E-state index contributed by atoms with van der Waals surface area (Å²) in [6.45, 7) is 0. The van der Waals surface area contributed by atoms with E-state index in [9.17, 15) is 9.59 Å². The van der Waals surface area contributed by atoms with Gasteiger partial charge in [0, 0.05) is 23.0 Å². The average Bonchev–Trinajstić information content (AvgIpc) is 2.46. The van der Waals surface area contributed by atoms with Crippen LogP contribution in [0.4, 0.5) is 0 Å². The number of likely N-dealkylation sites (tertiary alicyclic amines) is 1. The number of nitrogens with zero attached hydrogens (tertiary/aromatic N) is 1. The number of imide groups is 1. The molecule has 1 saturated heterocycles. The molecule has 1 unspecified atom stereocenters. The Balaban J connectivity index is 2.39. The molecule has 0 saturated carbocycles. The van der Waals surface area contributed by atoms with Gasteiger partial charge in [-0.15, -0.1) is 0 Å². The zero-order valence-corrected chi connectivity index (χ0v) is 10.9. The third kappa shape index (κ3) is 1.87. The molecule has 1 aromatic rings. The molecule has 1 atom stereocenters. The van der Waals surface area contributed by atoms with Crippen molar-refractivity contribution in [2.45, 2.75) is 12.3 Å². The molecule has 3 nitrogen and oxygen atoms in total. The molecule has 1 aliphatic heterocycles. The van der Waals surface area contributed by atoms with E-state index in [-0.39, 0.29) is 24.2 Å². The summed E-state index contributed by atoms with van der Waals surface area (Å²) >= 11 is 9.18. The van der Waals surface area contributed by atoms with Crippen molar-refractivity contribution < 1.29 is 9.59 Å². The third-order valence-electron chi connectivity index (χ3n) is 2.72. The summed E-state index contributed by atoms with van der Waals surface area (Å²) in [4.78, 5) is 24.4. The summed E-state index contributed by atoms with van der Waals surface area (Å²) in [7, 11) is 1.51. The average molecular weight is 303 g/mol. The Morgan fingerprint density at radius 1 is 1.44 bits per heavy atom. The second-order valence-electron chi connectivity index (χ2n) is 3.71. The summed E-state index contributed by atoms with van der Waals surface area (Å²) in [6.07, 6.45) is 0.232. The quantitative estimate of drug-likeness (QED) is 0.748. The molecular weight excluding hydrogens is 293 g/mol. The van der Waals surface area contributed by atoms with Crippen LogP contribution in [-0.2, 0) is 9.59 Å². The van der Waals surface area contributed by atoms with E-state index in [0.717, 1.165) is 10.0 Å². The van der Waals surface area contributed by atoms with Gasteiger partial charge < -0.3 is 0 Å². The van der Waals surface area contributed by atoms with Crippen LogP contribution >= 0.6 is 27.5 Å². The summed E-state index contributed by atoms with van der Waals surface area (Å²) < 4.78 is 0.765. The SMILES string of the molecule is CN1C(=O)CC(c2ccc(Cl)cc2Br)C1=O. The largest absolute Gasteiger partial charge is 0.285 e. The van der Waals surface area contributed by atoms with Gasteiger partial charge in [0.2, 0.25) is 11.8 Å². The molecule has 1 aromatic carbocycles. The Morgan fingerprint density at radius 3 is 2.62 bits per heavy atom. The van der Waals surface area contributed by atoms with E-state index in [4.69, 9.17) is 11.6 Å². The normalized spacial score (nSPS) is 20.7. The fraction of sp³-hybridized carbons (Fsp3) is 0.273. The number of rotatable bonds is 1. The van der Waals surface area contributed by atoms with E-state index in [1.54, 1.807) is 18.2 Å². The molecule has 1 heterocycles. The Bertz CT molecular complexity index is 475. The molecule has 0 N–H and O–H groups in total. The highest BCUT2D eigenvalue weighted by Gasteiger charge is 2.37. The Hall–Kier alpha value is -0.870. The molecular formula is C11H9BrClNO2. The highest BCUT2D eigenvalue weighted by molar-refractivity contribution is 9.10. The van der Waals surface area contributed by atoms with Crippen LogP contribution in [0.3, 0.4) is 0 Å². The maximum absolute atomic E-state index is 11.8. The van der Waals surface area contributed by atoms with Gasteiger partial charge in [-0.05, 0) is 17.7 Å². The van der Waals surface area contributed by atoms with E-state index in [1.165, 1.54) is 11.9 Å². The van der Waals surface area contributed by atoms with Crippen LogP contribution in [0.1, 0.15) is 17.9 Å². The van der Waals surface area contributed by atoms with Crippen molar-refractivity contribution in [3.63, 3.8) is 0 Å². The first-order chi connectivity index (χ1) is 7.50. The number of hydrogen-bond donors (Lipinski definition) is 0. The first-order valence-electron chi connectivity index (χ1n) is 4.76.